The monoisotopic (exact) mass is 2060 g/mol. The van der Waals surface area contributed by atoms with Gasteiger partial charge in [-0.25, -0.2) is 0 Å². The number of nitrogens with one attached hydrogen (secondary N) is 1. The van der Waals surface area contributed by atoms with Crippen LogP contribution >= 0.6 is 0 Å². The van der Waals surface area contributed by atoms with E-state index in [1.807, 2.05) is 51.2 Å². The number of cyclic esters (lactones) is 2. The maximum atomic E-state index is 11.5. The molecule has 0 spiro atoms. The minimum Gasteiger partial charge on any atom is -0.481 e. The van der Waals surface area contributed by atoms with E-state index in [9.17, 15) is 72.2 Å². The third-order valence-corrected chi connectivity index (χ3v) is 32.4. The van der Waals surface area contributed by atoms with Crippen LogP contribution in [0.15, 0.2) is 58.8 Å². The predicted octanol–water partition coefficient (Wildman–Crippen LogP) is 16.3. The van der Waals surface area contributed by atoms with Crippen LogP contribution in [0.3, 0.4) is 0 Å². The summed E-state index contributed by atoms with van der Waals surface area (Å²) in [6.07, 6.45) is 35.4. The van der Waals surface area contributed by atoms with Crippen molar-refractivity contribution in [3.05, 3.63) is 69.5 Å². The zero-order valence-electron chi connectivity index (χ0n) is 90.9. The Hall–Kier alpha value is -9.84. The highest BCUT2D eigenvalue weighted by molar-refractivity contribution is 5.97. The van der Waals surface area contributed by atoms with Crippen molar-refractivity contribution in [1.82, 2.24) is 5.32 Å². The summed E-state index contributed by atoms with van der Waals surface area (Å²) in [5.41, 5.74) is 22.6. The number of esters is 12. The number of aliphatic carboxylic acids is 2. The van der Waals surface area contributed by atoms with E-state index in [1.165, 1.54) is 83.9 Å². The van der Waals surface area contributed by atoms with Gasteiger partial charge in [0.25, 0.3) is 0 Å². The topological polar surface area (TPSA) is 568 Å². The van der Waals surface area contributed by atoms with Crippen LogP contribution in [-0.2, 0) is 129 Å². The average molecular weight is 2060 g/mol. The highest BCUT2D eigenvalue weighted by atomic mass is 16.6. The number of hydrogen-bond acceptors (Lipinski definition) is 32. The molecule has 0 radical (unpaired) electrons. The first kappa shape index (κ1) is 128. The van der Waals surface area contributed by atoms with Gasteiger partial charge in [-0.15, -0.1) is 0 Å². The third kappa shape index (κ3) is 40.9. The molecule has 4 heterocycles. The molecule has 0 unspecified atom stereocenters. The van der Waals surface area contributed by atoms with Crippen molar-refractivity contribution in [2.45, 2.75) is 300 Å². The van der Waals surface area contributed by atoms with Crippen LogP contribution < -0.4 is 11.1 Å². The minimum absolute atomic E-state index is 0.0194. The van der Waals surface area contributed by atoms with E-state index < -0.39 is 53.7 Å². The Morgan fingerprint density at radius 2 is 0.603 bits per heavy atom. The number of ether oxygens (including phenoxy) is 13. The summed E-state index contributed by atoms with van der Waals surface area (Å²) < 4.78 is 61.8. The number of azide groups is 2. The Kier molecular flexibility index (Phi) is 58.0. The van der Waals surface area contributed by atoms with E-state index in [2.05, 4.69) is 142 Å². The first-order chi connectivity index (χ1) is 69.2. The van der Waals surface area contributed by atoms with Gasteiger partial charge >= 0.3 is 83.6 Å². The predicted molar refractivity (Wildman–Crippen MR) is 541 cm³/mol. The number of carbonyl (C=O) groups excluding carboxylic acids is 12. The van der Waals surface area contributed by atoms with E-state index in [1.54, 1.807) is 6.08 Å². The smallest absolute Gasteiger partial charge is 0.317 e. The molecule has 36 atom stereocenters. The van der Waals surface area contributed by atoms with Crippen LogP contribution in [0.2, 0.25) is 0 Å². The van der Waals surface area contributed by atoms with Gasteiger partial charge in [0.15, 0.2) is 0 Å². The molecule has 0 bridgehead atoms. The lowest BCUT2D eigenvalue weighted by Gasteiger charge is -2.35. The van der Waals surface area contributed by atoms with Gasteiger partial charge in [0.2, 0.25) is 0 Å². The summed E-state index contributed by atoms with van der Waals surface area (Å²) in [5, 5.41) is 38.0. The highest BCUT2D eigenvalue weighted by Gasteiger charge is 2.51. The summed E-state index contributed by atoms with van der Waals surface area (Å²) in [4.78, 5) is 162. The van der Waals surface area contributed by atoms with Gasteiger partial charge in [0.1, 0.15) is 0 Å². The van der Waals surface area contributed by atoms with E-state index in [4.69, 9.17) is 60.2 Å². The molecule has 0 aromatic rings. The van der Waals surface area contributed by atoms with Crippen molar-refractivity contribution in [2.75, 3.05) is 84.3 Å². The number of allylic oxidation sites excluding steroid dienone is 8. The number of aliphatic hydroxyl groups is 1. The Morgan fingerprint density at radius 3 is 1.01 bits per heavy atom. The molecule has 38 nitrogen and oxygen atoms in total. The number of aliphatic hydroxyl groups excluding tert-OH is 1. The van der Waals surface area contributed by atoms with Gasteiger partial charge < -0.3 is 87.9 Å². The van der Waals surface area contributed by atoms with Gasteiger partial charge in [-0.2, -0.15) is 0 Å². The second-order valence-electron chi connectivity index (χ2n) is 42.6. The molecule has 11 fully saturated rings. The Labute approximate surface area is 863 Å². The molecular weight excluding hydrogens is 1890 g/mol. The van der Waals surface area contributed by atoms with E-state index in [0.717, 1.165) is 109 Å². The number of carbonyl (C=O) groups is 14. The number of carboxylic acids is 2. The molecule has 4 saturated heterocycles. The Bertz CT molecular complexity index is 4170. The van der Waals surface area contributed by atoms with Gasteiger partial charge in [0.05, 0.1) is 178 Å². The van der Waals surface area contributed by atoms with E-state index in [0.29, 0.717) is 135 Å². The number of nitrogens with two attached hydrogens (primary N) is 1. The van der Waals surface area contributed by atoms with Crippen LogP contribution in [0, 0.1) is 166 Å². The number of nitrogens with zero attached hydrogens (tertiary/aromatic N) is 6. The number of fused-ring (bicyclic) bond motifs is 3. The fraction of sp³-hybridized carbons (Fsp3) is 0.796. The fourth-order valence-corrected chi connectivity index (χ4v) is 21.9. The summed E-state index contributed by atoms with van der Waals surface area (Å²) in [5.74, 6) is -0.169. The third-order valence-electron chi connectivity index (χ3n) is 32.4. The summed E-state index contributed by atoms with van der Waals surface area (Å²) in [6.45, 7) is 31.5. The van der Waals surface area contributed by atoms with Gasteiger partial charge in [-0.1, -0.05) is 156 Å². The van der Waals surface area contributed by atoms with Gasteiger partial charge in [-0.3, -0.25) is 67.1 Å². The molecule has 0 amide bonds. The quantitative estimate of drug-likeness (QED) is 0.0158. The number of hydrogen-bond donors (Lipinski definition) is 5. The summed E-state index contributed by atoms with van der Waals surface area (Å²) >= 11 is 0. The number of epoxide rings is 1. The number of carboxylic acid groups (broad SMARTS) is 2. The maximum Gasteiger partial charge on any atom is 0.317 e. The fourth-order valence-electron chi connectivity index (χ4n) is 21.9. The Morgan fingerprint density at radius 1 is 0.315 bits per heavy atom. The van der Waals surface area contributed by atoms with E-state index in [-0.39, 0.29) is 155 Å². The van der Waals surface area contributed by atoms with Crippen LogP contribution in [0.5, 0.6) is 0 Å². The van der Waals surface area contributed by atoms with Crippen molar-refractivity contribution >= 4 is 83.6 Å². The summed E-state index contributed by atoms with van der Waals surface area (Å²) in [7, 11) is 14.0. The molecule has 38 heteroatoms. The molecule has 0 aromatic heterocycles. The van der Waals surface area contributed by atoms with Gasteiger partial charge in [-0.05, 0) is 248 Å². The molecule has 826 valence electrons. The lowest BCUT2D eigenvalue weighted by molar-refractivity contribution is -0.157. The second kappa shape index (κ2) is 65.9. The number of methoxy groups -OCH3 is 10. The van der Waals surface area contributed by atoms with Crippen molar-refractivity contribution < 1.29 is 144 Å². The van der Waals surface area contributed by atoms with Crippen LogP contribution in [0.25, 0.3) is 20.9 Å². The van der Waals surface area contributed by atoms with Crippen molar-refractivity contribution in [3.8, 4) is 0 Å². The van der Waals surface area contributed by atoms with Crippen molar-refractivity contribution in [3.63, 3.8) is 0 Å². The largest absolute Gasteiger partial charge is 0.481 e. The molecule has 15 aliphatic rings. The first-order valence-electron chi connectivity index (χ1n) is 52.3. The lowest BCUT2D eigenvalue weighted by atomic mass is 9.70. The molecular formula is C108H174N8O30. The van der Waals surface area contributed by atoms with Gasteiger partial charge in [0, 0.05) is 47.2 Å². The molecule has 15 rings (SSSR count). The summed E-state index contributed by atoms with van der Waals surface area (Å²) in [6, 6.07) is 1.14. The molecule has 146 heavy (non-hydrogen) atoms. The lowest BCUT2D eigenvalue weighted by Crippen LogP contribution is -2.41. The second-order valence-corrected chi connectivity index (χ2v) is 42.6. The van der Waals surface area contributed by atoms with Crippen molar-refractivity contribution in [1.29, 1.82) is 0 Å². The normalized spacial score (nSPS) is 35.8. The first-order valence-corrected chi connectivity index (χ1v) is 52.3. The highest BCUT2D eigenvalue weighted by Crippen LogP contribution is 2.46. The molecule has 4 aliphatic heterocycles. The SMILES string of the molecule is C1CCOC1.COC(=O)[C@H]1CC=CC[C@H]1C.COC(=O)[C@H]1CC=CC[C@H]1C(=O)O.COC(=O)[C@H]1CC=CC[C@H]1C(=O)OC.COC(=O)[C@H]1C[C@@H](O)[C@H](N=[N+]=[N-])C[C@H]1C.COC(=O)[C@H]1C[C@@H]2N[C@@H]2C[C@H]1C.COC(=O)[C@H]1C[C@H](C)[C@@H](C)C[C@H]1C.COC(=O)[C@H]1C[C@H](C)[C@@H](N)C[C@H]1C.COC(=O)[C@H]1C[C@H](C)[C@@H](N=[N+]=[N-])C[C@H]1C.COC(=O)[C@H]1C[C@H]2O[C@H]2C[C@H]1C.C[C@@H]1C[C@H](C)[C@@H](C)C[C@@H]1C(=O)O.O=C1OC(=O)[C@@H]2CC=CC[C@H]12. The maximum absolute atomic E-state index is 11.5. The Balaban J connectivity index is 0.000000333. The van der Waals surface area contributed by atoms with Crippen molar-refractivity contribution in [2.24, 2.45) is 182 Å². The minimum atomic E-state index is -0.931. The zero-order valence-corrected chi connectivity index (χ0v) is 90.9. The zero-order chi connectivity index (χ0) is 110. The molecule has 6 N–H and O–H groups in total. The van der Waals surface area contributed by atoms with E-state index >= 15 is 0 Å². The molecule has 0 aromatic carbocycles. The standard InChI is InChI=1S/C11H20O2.C10H17N3O2.C10H19NO2.C10H14O4.C10H18O2.C9H15N3O3.C9H15NO2.C9H12O4.C9H14O3.C9H14O2.C8H8O3.C4H8O/c1-7-5-9(3)10(6-8(7)2)11(12)13-4;1-6-5-9(12-13-11)7(2)4-8(6)10(14)15-3;1-6-5-9(11)7(2)4-8(6)10(12)13-3;1-13-9(11)7-5-3-4-6-8(7)10(12)14-2;1-6-4-8(3)9(10(11)12)5-7(6)2;1-5-3-7(11-12-10)8(13)4-6(5)9(14)15-2;1-5-3-7-8(10-7)4-6(5)9(11)12-2;1-13-9(12)7-5-3-2-4-6(7)8(10)11;1-5-3-7-8(12-7)4-6(5)9(10)11-2;1-7-5-3-4-6-8(7)9(10)11-2;9-7-5-3-1-2-4-6(5)8(10)11-7;1-2-4-5-3-1/h7-10H,5-6H2,1-4H3;6-9H,4-5H2,1-3H3;6-9H,4-5,11H2,1-3H3;3-4,7-8H,5-6H2,1-2H3;6-9H,4-5H2,1-3H3,(H,11,12);5-8,13H,3-4H2,1-2H3;5-8,10H,3-4H2,1-2H3;2-3,6-7H,4-5H2,1H3,(H,10,11);5-8H,3-4H2,1-2H3;3-4,7-8H,5-6H2,1-2H3;1-2,5-6H,3-4H2;1-4H2/t7-,8-,9+,10-;2*6-,7+,8+,9+;7-,8+;6-,7-,8+,9-;5-,6+,7-,8-;5-,6+,7-,8+;6-,7+;5-,6+,7+,8-;7-,8+;5-,6+;/m011.011111../s1. The van der Waals surface area contributed by atoms with Crippen LogP contribution in [0.4, 0.5) is 0 Å². The number of rotatable bonds is 14. The average Bonchev–Trinajstić information content (AvgIpc) is 1.64. The van der Waals surface area contributed by atoms with Crippen LogP contribution in [-0.4, -0.2) is 232 Å². The van der Waals surface area contributed by atoms with Crippen LogP contribution in [0.1, 0.15) is 251 Å². The molecule has 11 aliphatic carbocycles. The molecule has 7 saturated carbocycles.